The van der Waals surface area contributed by atoms with Crippen molar-refractivity contribution in [3.63, 3.8) is 0 Å². The molecule has 0 saturated carbocycles. The van der Waals surface area contributed by atoms with Gasteiger partial charge in [-0.3, -0.25) is 14.5 Å². The van der Waals surface area contributed by atoms with Crippen LogP contribution >= 0.6 is 11.3 Å². The second-order valence-electron chi connectivity index (χ2n) is 8.08. The number of nitrogens with zero attached hydrogens (tertiary/aromatic N) is 3. The minimum absolute atomic E-state index is 0.0131. The van der Waals surface area contributed by atoms with Crippen molar-refractivity contribution in [2.45, 2.75) is 26.7 Å². The summed E-state index contributed by atoms with van der Waals surface area (Å²) >= 11 is 1.47. The molecule has 9 heteroatoms. The molecule has 0 spiro atoms. The number of nitrogens with one attached hydrogen (secondary N) is 2. The fourth-order valence-electron chi connectivity index (χ4n) is 3.90. The molecule has 1 aliphatic rings. The second kappa shape index (κ2) is 10.2. The Morgan fingerprint density at radius 3 is 2.67 bits per heavy atom. The molecule has 2 aromatic heterocycles. The molecule has 3 heterocycles. The average Bonchev–Trinajstić information content (AvgIpc) is 3.59. The maximum absolute atomic E-state index is 12.6. The van der Waals surface area contributed by atoms with Crippen molar-refractivity contribution in [3.8, 4) is 27.6 Å². The van der Waals surface area contributed by atoms with Gasteiger partial charge in [-0.2, -0.15) is 0 Å². The van der Waals surface area contributed by atoms with E-state index in [1.165, 1.54) is 11.3 Å². The van der Waals surface area contributed by atoms with E-state index in [0.29, 0.717) is 11.4 Å². The molecule has 0 radical (unpaired) electrons. The van der Waals surface area contributed by atoms with Crippen molar-refractivity contribution >= 4 is 28.8 Å². The second-order valence-corrected chi connectivity index (χ2v) is 8.94. The average molecular weight is 468 g/mol. The fourth-order valence-corrected chi connectivity index (χ4v) is 4.73. The predicted molar refractivity (Wildman–Crippen MR) is 131 cm³/mol. The topological polar surface area (TPSA) is 102 Å². The number of thiazole rings is 1. The molecule has 4 rings (SSSR count). The summed E-state index contributed by atoms with van der Waals surface area (Å²) in [6, 6.07) is 6.91. The van der Waals surface area contributed by atoms with Gasteiger partial charge in [0.25, 0.3) is 5.91 Å². The third-order valence-electron chi connectivity index (χ3n) is 5.89. The van der Waals surface area contributed by atoms with Crippen LogP contribution in [0.15, 0.2) is 35.8 Å². The number of hydrogen-bond donors (Lipinski definition) is 3. The number of phenolic OH excluding ortho intramolecular Hbond substituents is 1. The van der Waals surface area contributed by atoms with Gasteiger partial charge in [-0.1, -0.05) is 13.8 Å². The van der Waals surface area contributed by atoms with Crippen LogP contribution in [-0.2, 0) is 4.79 Å². The number of aromatic amines is 1. The zero-order valence-electron chi connectivity index (χ0n) is 18.9. The number of amides is 2. The van der Waals surface area contributed by atoms with Crippen LogP contribution in [0, 0.1) is 0 Å². The molecule has 0 bridgehead atoms. The molecule has 33 heavy (non-hydrogen) atoms. The molecule has 8 nitrogen and oxygen atoms in total. The molecule has 3 N–H and O–H groups in total. The summed E-state index contributed by atoms with van der Waals surface area (Å²) < 4.78 is 0. The van der Waals surface area contributed by atoms with Crippen LogP contribution in [0.2, 0.25) is 0 Å². The van der Waals surface area contributed by atoms with Crippen molar-refractivity contribution in [1.82, 2.24) is 19.8 Å². The number of rotatable bonds is 8. The Morgan fingerprint density at radius 1 is 1.18 bits per heavy atom. The molecule has 1 aromatic carbocycles. The molecule has 0 aliphatic carbocycles. The molecule has 0 unspecified atom stereocenters. The van der Waals surface area contributed by atoms with E-state index in [-0.39, 0.29) is 24.1 Å². The maximum atomic E-state index is 12.6. The zero-order chi connectivity index (χ0) is 23.4. The molecular formula is C24H29N5O3S. The monoisotopic (exact) mass is 467 g/mol. The summed E-state index contributed by atoms with van der Waals surface area (Å²) in [6.07, 6.45) is 3.91. The molecule has 3 aromatic rings. The van der Waals surface area contributed by atoms with Gasteiger partial charge in [0.2, 0.25) is 5.91 Å². The van der Waals surface area contributed by atoms with Crippen LogP contribution in [0.5, 0.6) is 5.75 Å². The number of carbonyl (C=O) groups is 2. The third-order valence-corrected chi connectivity index (χ3v) is 6.78. The summed E-state index contributed by atoms with van der Waals surface area (Å²) in [4.78, 5) is 36.6. The van der Waals surface area contributed by atoms with Gasteiger partial charge in [0.05, 0.1) is 17.9 Å². The predicted octanol–water partition coefficient (Wildman–Crippen LogP) is 4.03. The van der Waals surface area contributed by atoms with E-state index in [4.69, 9.17) is 4.98 Å². The Hall–Kier alpha value is -3.17. The van der Waals surface area contributed by atoms with E-state index in [0.717, 1.165) is 60.8 Å². The van der Waals surface area contributed by atoms with E-state index in [1.54, 1.807) is 24.4 Å². The molecule has 1 saturated heterocycles. The Balaban J connectivity index is 1.49. The summed E-state index contributed by atoms with van der Waals surface area (Å²) in [5.74, 6) is -0.134. The highest BCUT2D eigenvalue weighted by Crippen LogP contribution is 2.34. The van der Waals surface area contributed by atoms with E-state index in [9.17, 15) is 14.7 Å². The first-order chi connectivity index (χ1) is 16.0. The first-order valence-electron chi connectivity index (χ1n) is 11.3. The van der Waals surface area contributed by atoms with Crippen molar-refractivity contribution in [2.24, 2.45) is 0 Å². The number of aromatic hydroxyl groups is 1. The quantitative estimate of drug-likeness (QED) is 0.434. The summed E-state index contributed by atoms with van der Waals surface area (Å²) in [6.45, 7) is 7.45. The number of carbonyl (C=O) groups excluding carboxylic acids is 2. The minimum Gasteiger partial charge on any atom is -0.506 e. The number of likely N-dealkylation sites (N-methyl/N-ethyl adjacent to an activating group) is 1. The van der Waals surface area contributed by atoms with Crippen LogP contribution in [0.25, 0.3) is 21.8 Å². The smallest absolute Gasteiger partial charge is 0.270 e. The highest BCUT2D eigenvalue weighted by atomic mass is 32.1. The number of aromatic nitrogens is 2. The van der Waals surface area contributed by atoms with Gasteiger partial charge in [-0.25, -0.2) is 4.98 Å². The number of benzene rings is 1. The lowest BCUT2D eigenvalue weighted by Crippen LogP contribution is -2.32. The minimum atomic E-state index is -0.173. The number of H-pyrrole nitrogens is 1. The Kier molecular flexibility index (Phi) is 7.10. The van der Waals surface area contributed by atoms with E-state index >= 15 is 0 Å². The van der Waals surface area contributed by atoms with Crippen LogP contribution in [0.3, 0.4) is 0 Å². The highest BCUT2D eigenvalue weighted by molar-refractivity contribution is 7.13. The Morgan fingerprint density at radius 2 is 1.94 bits per heavy atom. The van der Waals surface area contributed by atoms with E-state index < -0.39 is 0 Å². The van der Waals surface area contributed by atoms with Crippen LogP contribution in [-0.4, -0.2) is 69.4 Å². The molecule has 2 amide bonds. The van der Waals surface area contributed by atoms with Gasteiger partial charge >= 0.3 is 0 Å². The van der Waals surface area contributed by atoms with Gasteiger partial charge < -0.3 is 20.3 Å². The number of hydrogen-bond acceptors (Lipinski definition) is 6. The van der Waals surface area contributed by atoms with Crippen LogP contribution in [0.1, 0.15) is 37.2 Å². The lowest BCUT2D eigenvalue weighted by atomic mass is 10.2. The first kappa shape index (κ1) is 23.0. The molecule has 1 fully saturated rings. The van der Waals surface area contributed by atoms with Crippen molar-refractivity contribution in [3.05, 3.63) is 41.5 Å². The van der Waals surface area contributed by atoms with E-state index in [2.05, 4.69) is 10.3 Å². The Bertz CT molecular complexity index is 1130. The van der Waals surface area contributed by atoms with Crippen LogP contribution < -0.4 is 5.32 Å². The number of likely N-dealkylation sites (tertiary alicyclic amines) is 1. The largest absolute Gasteiger partial charge is 0.506 e. The molecule has 0 atom stereocenters. The van der Waals surface area contributed by atoms with Gasteiger partial charge in [0.1, 0.15) is 16.5 Å². The van der Waals surface area contributed by atoms with Crippen molar-refractivity contribution in [2.75, 3.05) is 38.0 Å². The number of anilines is 1. The standard InChI is InChI=1S/C24H29N5O3S/c1-3-28(4-2)14-22(31)26-18-11-16(7-8-21(18)30)23-27-20(15-33-23)17-12-19(25-13-17)24(32)29-9-5-6-10-29/h7-8,11-13,15,25,30H,3-6,9-10,14H2,1-2H3,(H,26,31). The normalized spacial score (nSPS) is 13.6. The summed E-state index contributed by atoms with van der Waals surface area (Å²) in [5.41, 5.74) is 3.36. The van der Waals surface area contributed by atoms with E-state index in [1.807, 2.05) is 35.1 Å². The van der Waals surface area contributed by atoms with Gasteiger partial charge in [-0.05, 0) is 50.2 Å². The van der Waals surface area contributed by atoms with Gasteiger partial charge in [0.15, 0.2) is 0 Å². The summed E-state index contributed by atoms with van der Waals surface area (Å²) in [7, 11) is 0. The van der Waals surface area contributed by atoms with Gasteiger partial charge in [-0.15, -0.1) is 11.3 Å². The molecular weight excluding hydrogens is 438 g/mol. The molecule has 174 valence electrons. The fraction of sp³-hybridized carbons (Fsp3) is 0.375. The SMILES string of the molecule is CCN(CC)CC(=O)Nc1cc(-c2nc(-c3c[nH]c(C(=O)N4CCCC4)c3)cs2)ccc1O. The maximum Gasteiger partial charge on any atom is 0.270 e. The summed E-state index contributed by atoms with van der Waals surface area (Å²) in [5, 5.41) is 15.7. The number of phenols is 1. The Labute approximate surface area is 197 Å². The van der Waals surface area contributed by atoms with Crippen LogP contribution in [0.4, 0.5) is 5.69 Å². The molecule has 1 aliphatic heterocycles. The third kappa shape index (κ3) is 5.26. The highest BCUT2D eigenvalue weighted by Gasteiger charge is 2.21. The van der Waals surface area contributed by atoms with Gasteiger partial charge in [0, 0.05) is 35.8 Å². The van der Waals surface area contributed by atoms with Crippen molar-refractivity contribution in [1.29, 1.82) is 0 Å². The lowest BCUT2D eigenvalue weighted by Gasteiger charge is -2.17. The lowest BCUT2D eigenvalue weighted by molar-refractivity contribution is -0.117. The van der Waals surface area contributed by atoms with Crippen molar-refractivity contribution < 1.29 is 14.7 Å². The zero-order valence-corrected chi connectivity index (χ0v) is 19.7. The first-order valence-corrected chi connectivity index (χ1v) is 12.2.